The van der Waals surface area contributed by atoms with E-state index >= 15 is 0 Å². The third-order valence-corrected chi connectivity index (χ3v) is 3.00. The molecule has 0 spiro atoms. The lowest BCUT2D eigenvalue weighted by atomic mass is 10.1. The van der Waals surface area contributed by atoms with E-state index in [1.807, 2.05) is 0 Å². The topological polar surface area (TPSA) is 49.8 Å². The first-order valence-corrected chi connectivity index (χ1v) is 6.30. The maximum atomic E-state index is 14.0. The van der Waals surface area contributed by atoms with Crippen LogP contribution < -0.4 is 4.90 Å². The van der Waals surface area contributed by atoms with Crippen LogP contribution in [0.1, 0.15) is 12.0 Å². The van der Waals surface area contributed by atoms with Crippen molar-refractivity contribution in [1.29, 1.82) is 0 Å². The molecule has 0 bridgehead atoms. The SMILES string of the molecule is O=C(O)C=Cc1cc(F)c(N2CCCOCC2)c(F)c1. The maximum Gasteiger partial charge on any atom is 0.328 e. The zero-order chi connectivity index (χ0) is 14.5. The van der Waals surface area contributed by atoms with Crippen LogP contribution in [0, 0.1) is 11.6 Å². The van der Waals surface area contributed by atoms with Gasteiger partial charge in [-0.2, -0.15) is 0 Å². The number of rotatable bonds is 3. The number of carboxylic acid groups (broad SMARTS) is 1. The Balaban J connectivity index is 2.28. The summed E-state index contributed by atoms with van der Waals surface area (Å²) in [5.41, 5.74) is 0.0974. The van der Waals surface area contributed by atoms with E-state index in [-0.39, 0.29) is 11.3 Å². The monoisotopic (exact) mass is 283 g/mol. The van der Waals surface area contributed by atoms with Gasteiger partial charge in [0.25, 0.3) is 0 Å². The number of hydrogen-bond acceptors (Lipinski definition) is 3. The average molecular weight is 283 g/mol. The molecule has 0 saturated carbocycles. The highest BCUT2D eigenvalue weighted by molar-refractivity contribution is 5.85. The highest BCUT2D eigenvalue weighted by atomic mass is 19.1. The second kappa shape index (κ2) is 6.47. The predicted octanol–water partition coefficient (Wildman–Crippen LogP) is 2.29. The van der Waals surface area contributed by atoms with Gasteiger partial charge in [-0.1, -0.05) is 0 Å². The fourth-order valence-electron chi connectivity index (χ4n) is 2.12. The molecule has 1 aromatic rings. The van der Waals surface area contributed by atoms with Gasteiger partial charge in [-0.25, -0.2) is 13.6 Å². The summed E-state index contributed by atoms with van der Waals surface area (Å²) in [6.45, 7) is 1.97. The largest absolute Gasteiger partial charge is 0.478 e. The van der Waals surface area contributed by atoms with Crippen LogP contribution in [0.15, 0.2) is 18.2 Å². The Kier molecular flexibility index (Phi) is 4.68. The van der Waals surface area contributed by atoms with E-state index < -0.39 is 17.6 Å². The van der Waals surface area contributed by atoms with E-state index in [1.54, 1.807) is 4.90 Å². The molecule has 0 aliphatic carbocycles. The van der Waals surface area contributed by atoms with Gasteiger partial charge in [-0.15, -0.1) is 0 Å². The molecule has 0 radical (unpaired) electrons. The number of anilines is 1. The summed E-state index contributed by atoms with van der Waals surface area (Å²) >= 11 is 0. The van der Waals surface area contributed by atoms with Crippen molar-refractivity contribution in [2.75, 3.05) is 31.2 Å². The molecule has 1 fully saturated rings. The van der Waals surface area contributed by atoms with Crippen LogP contribution in [-0.2, 0) is 9.53 Å². The fraction of sp³-hybridized carbons (Fsp3) is 0.357. The van der Waals surface area contributed by atoms with Crippen molar-refractivity contribution in [2.45, 2.75) is 6.42 Å². The Morgan fingerprint density at radius 3 is 2.60 bits per heavy atom. The molecular formula is C14H15F2NO3. The number of hydrogen-bond donors (Lipinski definition) is 1. The van der Waals surface area contributed by atoms with Crippen molar-refractivity contribution in [3.05, 3.63) is 35.4 Å². The summed E-state index contributed by atoms with van der Waals surface area (Å²) in [4.78, 5) is 12.0. The normalized spacial score (nSPS) is 16.4. The molecule has 0 aromatic heterocycles. The maximum absolute atomic E-state index is 14.0. The van der Waals surface area contributed by atoms with Gasteiger partial charge in [0, 0.05) is 25.8 Å². The van der Waals surface area contributed by atoms with Crippen LogP contribution in [0.3, 0.4) is 0 Å². The van der Waals surface area contributed by atoms with E-state index in [4.69, 9.17) is 9.84 Å². The summed E-state index contributed by atoms with van der Waals surface area (Å²) in [5.74, 6) is -2.56. The highest BCUT2D eigenvalue weighted by Crippen LogP contribution is 2.26. The van der Waals surface area contributed by atoms with Gasteiger partial charge in [0.1, 0.15) is 17.3 Å². The molecule has 1 N–H and O–H groups in total. The first-order chi connectivity index (χ1) is 9.58. The van der Waals surface area contributed by atoms with Crippen molar-refractivity contribution in [3.8, 4) is 0 Å². The van der Waals surface area contributed by atoms with E-state index in [0.717, 1.165) is 24.3 Å². The van der Waals surface area contributed by atoms with Crippen LogP contribution in [0.2, 0.25) is 0 Å². The molecule has 2 rings (SSSR count). The summed E-state index contributed by atoms with van der Waals surface area (Å²) in [5, 5.41) is 8.51. The van der Waals surface area contributed by atoms with Crippen LogP contribution in [0.5, 0.6) is 0 Å². The fourth-order valence-corrected chi connectivity index (χ4v) is 2.12. The van der Waals surface area contributed by atoms with Crippen LogP contribution in [-0.4, -0.2) is 37.4 Å². The molecule has 4 nitrogen and oxygen atoms in total. The van der Waals surface area contributed by atoms with E-state index in [1.165, 1.54) is 0 Å². The van der Waals surface area contributed by atoms with Gasteiger partial charge in [-0.05, 0) is 30.2 Å². The first kappa shape index (κ1) is 14.5. The van der Waals surface area contributed by atoms with Gasteiger partial charge in [0.05, 0.1) is 6.61 Å². The van der Waals surface area contributed by atoms with Gasteiger partial charge < -0.3 is 14.7 Å². The Hall–Kier alpha value is -1.95. The molecule has 1 aliphatic rings. The number of halogens is 2. The zero-order valence-corrected chi connectivity index (χ0v) is 10.8. The summed E-state index contributed by atoms with van der Waals surface area (Å²) in [6.07, 6.45) is 2.71. The van der Waals surface area contributed by atoms with Crippen LogP contribution >= 0.6 is 0 Å². The number of aliphatic carboxylic acids is 1. The minimum atomic E-state index is -1.17. The summed E-state index contributed by atoms with van der Waals surface area (Å²) < 4.78 is 33.3. The van der Waals surface area contributed by atoms with Crippen molar-refractivity contribution in [3.63, 3.8) is 0 Å². The third-order valence-electron chi connectivity index (χ3n) is 3.00. The predicted molar refractivity (Wildman–Crippen MR) is 70.7 cm³/mol. The standard InChI is InChI=1S/C14H15F2NO3/c15-11-8-10(2-3-13(18)19)9-12(16)14(11)17-4-1-6-20-7-5-17/h2-3,8-9H,1,4-7H2,(H,18,19). The smallest absolute Gasteiger partial charge is 0.328 e. The van der Waals surface area contributed by atoms with Gasteiger partial charge >= 0.3 is 5.97 Å². The lowest BCUT2D eigenvalue weighted by Crippen LogP contribution is -2.27. The van der Waals surface area contributed by atoms with Crippen molar-refractivity contribution >= 4 is 17.7 Å². The third kappa shape index (κ3) is 3.54. The van der Waals surface area contributed by atoms with Gasteiger partial charge in [0.15, 0.2) is 0 Å². The molecule has 1 aliphatic heterocycles. The lowest BCUT2D eigenvalue weighted by molar-refractivity contribution is -0.131. The molecule has 0 amide bonds. The summed E-state index contributed by atoms with van der Waals surface area (Å²) in [6, 6.07) is 2.26. The first-order valence-electron chi connectivity index (χ1n) is 6.30. The Bertz CT molecular complexity index is 500. The average Bonchev–Trinajstić information content (AvgIpc) is 2.64. The number of carboxylic acids is 1. The molecule has 1 saturated heterocycles. The van der Waals surface area contributed by atoms with E-state index in [0.29, 0.717) is 32.7 Å². The molecule has 108 valence electrons. The number of carbonyl (C=O) groups is 1. The number of nitrogens with zero attached hydrogens (tertiary/aromatic N) is 1. The summed E-state index contributed by atoms with van der Waals surface area (Å²) in [7, 11) is 0. The van der Waals surface area contributed by atoms with Crippen molar-refractivity contribution in [1.82, 2.24) is 0 Å². The second-order valence-electron chi connectivity index (χ2n) is 4.46. The lowest BCUT2D eigenvalue weighted by Gasteiger charge is -2.23. The molecule has 1 aromatic carbocycles. The minimum Gasteiger partial charge on any atom is -0.478 e. The number of ether oxygens (including phenoxy) is 1. The molecule has 1 heterocycles. The van der Waals surface area contributed by atoms with Gasteiger partial charge in [-0.3, -0.25) is 0 Å². The zero-order valence-electron chi connectivity index (χ0n) is 10.8. The molecule has 6 heteroatoms. The molecular weight excluding hydrogens is 268 g/mol. The Morgan fingerprint density at radius 1 is 1.25 bits per heavy atom. The molecule has 0 atom stereocenters. The minimum absolute atomic E-state index is 0.0806. The Labute approximate surface area is 115 Å². The van der Waals surface area contributed by atoms with Crippen LogP contribution in [0.4, 0.5) is 14.5 Å². The van der Waals surface area contributed by atoms with Crippen molar-refractivity contribution < 1.29 is 23.4 Å². The van der Waals surface area contributed by atoms with Crippen molar-refractivity contribution in [2.24, 2.45) is 0 Å². The quantitative estimate of drug-likeness (QED) is 0.865. The van der Waals surface area contributed by atoms with Crippen LogP contribution in [0.25, 0.3) is 6.08 Å². The number of benzene rings is 1. The van der Waals surface area contributed by atoms with E-state index in [9.17, 15) is 13.6 Å². The molecule has 20 heavy (non-hydrogen) atoms. The second-order valence-corrected chi connectivity index (χ2v) is 4.46. The van der Waals surface area contributed by atoms with Gasteiger partial charge in [0.2, 0.25) is 0 Å². The highest BCUT2D eigenvalue weighted by Gasteiger charge is 2.19. The molecule has 0 unspecified atom stereocenters. The Morgan fingerprint density at radius 2 is 1.95 bits per heavy atom. The van der Waals surface area contributed by atoms with E-state index in [2.05, 4.69) is 0 Å².